The molecular weight excluding hydrogens is 350 g/mol. The molecule has 134 valence electrons. The van der Waals surface area contributed by atoms with Crippen LogP contribution in [-0.4, -0.2) is 39.0 Å². The Morgan fingerprint density at radius 2 is 2.12 bits per heavy atom. The molecule has 1 N–H and O–H groups in total. The van der Waals surface area contributed by atoms with Gasteiger partial charge in [0, 0.05) is 11.6 Å². The quantitative estimate of drug-likeness (QED) is 0.832. The lowest BCUT2D eigenvalue weighted by Crippen LogP contribution is -2.33. The molecule has 0 spiro atoms. The van der Waals surface area contributed by atoms with E-state index in [2.05, 4.69) is 5.32 Å². The van der Waals surface area contributed by atoms with E-state index < -0.39 is 9.84 Å². The van der Waals surface area contributed by atoms with Crippen LogP contribution in [0.2, 0.25) is 5.02 Å². The van der Waals surface area contributed by atoms with Crippen LogP contribution < -0.4 is 10.1 Å². The Kier molecular flexibility index (Phi) is 6.15. The number of aryl methyl sites for hydroxylation is 1. The first-order valence-electron chi connectivity index (χ1n) is 8.08. The van der Waals surface area contributed by atoms with Crippen LogP contribution in [0, 0.1) is 12.8 Å². The normalized spacial score (nSPS) is 19.5. The number of carbonyl (C=O) groups excluding carboxylic acids is 1. The number of ether oxygens (including phenoxy) is 1. The van der Waals surface area contributed by atoms with E-state index in [4.69, 9.17) is 16.3 Å². The second-order valence-corrected chi connectivity index (χ2v) is 9.29. The number of carbonyl (C=O) groups is 1. The third kappa shape index (κ3) is 5.11. The molecule has 0 bridgehead atoms. The summed E-state index contributed by atoms with van der Waals surface area (Å²) in [5, 5.41) is 3.43. The van der Waals surface area contributed by atoms with Crippen LogP contribution in [0.3, 0.4) is 0 Å². The van der Waals surface area contributed by atoms with Gasteiger partial charge in [-0.2, -0.15) is 0 Å². The van der Waals surface area contributed by atoms with E-state index in [0.29, 0.717) is 23.7 Å². The number of sulfone groups is 1. The Balaban J connectivity index is 1.89. The lowest BCUT2D eigenvalue weighted by atomic mass is 10.0. The molecule has 5 nitrogen and oxygen atoms in total. The van der Waals surface area contributed by atoms with Crippen LogP contribution in [0.5, 0.6) is 5.75 Å². The third-order valence-corrected chi connectivity index (χ3v) is 6.43. The summed E-state index contributed by atoms with van der Waals surface area (Å²) in [4.78, 5) is 12.0. The highest BCUT2D eigenvalue weighted by Gasteiger charge is 2.27. The number of halogens is 1. The first-order chi connectivity index (χ1) is 11.2. The fourth-order valence-electron chi connectivity index (χ4n) is 2.73. The van der Waals surface area contributed by atoms with Crippen LogP contribution in [-0.2, 0) is 14.6 Å². The molecule has 1 unspecified atom stereocenters. The average molecular weight is 374 g/mol. The summed E-state index contributed by atoms with van der Waals surface area (Å²) in [6.45, 7) is 6.24. The second-order valence-electron chi connectivity index (χ2n) is 6.66. The molecule has 1 heterocycles. The van der Waals surface area contributed by atoms with Gasteiger partial charge in [0.1, 0.15) is 5.75 Å². The molecule has 2 rings (SSSR count). The number of nitrogens with one attached hydrogen (secondary N) is 1. The molecule has 7 heteroatoms. The van der Waals surface area contributed by atoms with Gasteiger partial charge < -0.3 is 10.1 Å². The maximum absolute atomic E-state index is 12.0. The van der Waals surface area contributed by atoms with Crippen molar-refractivity contribution in [2.45, 2.75) is 33.1 Å². The van der Waals surface area contributed by atoms with Crippen molar-refractivity contribution in [2.24, 2.45) is 5.92 Å². The minimum Gasteiger partial charge on any atom is -0.483 e. The predicted molar refractivity (Wildman–Crippen MR) is 95.5 cm³/mol. The molecule has 1 fully saturated rings. The fourth-order valence-corrected chi connectivity index (χ4v) is 4.77. The minimum absolute atomic E-state index is 0.00273. The summed E-state index contributed by atoms with van der Waals surface area (Å²) in [6, 6.07) is 3.71. The van der Waals surface area contributed by atoms with Crippen molar-refractivity contribution in [3.63, 3.8) is 0 Å². The van der Waals surface area contributed by atoms with Gasteiger partial charge in [-0.1, -0.05) is 25.4 Å². The van der Waals surface area contributed by atoms with E-state index in [0.717, 1.165) is 11.1 Å². The van der Waals surface area contributed by atoms with Crippen molar-refractivity contribution in [2.75, 3.05) is 24.7 Å². The number of hydrogen-bond donors (Lipinski definition) is 1. The lowest BCUT2D eigenvalue weighted by molar-refractivity contribution is -0.123. The van der Waals surface area contributed by atoms with E-state index in [1.165, 1.54) is 0 Å². The summed E-state index contributed by atoms with van der Waals surface area (Å²) in [5.41, 5.74) is 1.85. The summed E-state index contributed by atoms with van der Waals surface area (Å²) < 4.78 is 28.5. The van der Waals surface area contributed by atoms with E-state index in [9.17, 15) is 13.2 Å². The van der Waals surface area contributed by atoms with Crippen molar-refractivity contribution >= 4 is 27.3 Å². The van der Waals surface area contributed by atoms with Gasteiger partial charge >= 0.3 is 0 Å². The Morgan fingerprint density at radius 3 is 2.71 bits per heavy atom. The van der Waals surface area contributed by atoms with E-state index in [1.54, 1.807) is 0 Å². The Labute approximate surface area is 148 Å². The Bertz CT molecular complexity index is 716. The average Bonchev–Trinajstić information content (AvgIpc) is 2.85. The first kappa shape index (κ1) is 19.1. The van der Waals surface area contributed by atoms with Gasteiger partial charge in [-0.3, -0.25) is 4.79 Å². The molecule has 1 amide bonds. The summed E-state index contributed by atoms with van der Waals surface area (Å²) in [5.74, 6) is 1.01. The molecule has 0 radical (unpaired) electrons. The van der Waals surface area contributed by atoms with E-state index in [-0.39, 0.29) is 35.9 Å². The second kappa shape index (κ2) is 7.74. The highest BCUT2D eigenvalue weighted by molar-refractivity contribution is 7.91. The molecule has 0 saturated carbocycles. The molecule has 0 aromatic heterocycles. The zero-order chi connectivity index (χ0) is 17.9. The minimum atomic E-state index is -2.92. The number of benzene rings is 1. The van der Waals surface area contributed by atoms with Crippen molar-refractivity contribution in [1.82, 2.24) is 5.32 Å². The third-order valence-electron chi connectivity index (χ3n) is 4.19. The zero-order valence-electron chi connectivity index (χ0n) is 14.3. The molecule has 1 aliphatic rings. The molecule has 24 heavy (non-hydrogen) atoms. The van der Waals surface area contributed by atoms with Gasteiger partial charge in [0.05, 0.1) is 11.5 Å². The van der Waals surface area contributed by atoms with E-state index >= 15 is 0 Å². The highest BCUT2D eigenvalue weighted by atomic mass is 35.5. The predicted octanol–water partition coefficient (Wildman–Crippen LogP) is 2.70. The maximum atomic E-state index is 12.0. The number of hydrogen-bond acceptors (Lipinski definition) is 4. The summed E-state index contributed by atoms with van der Waals surface area (Å²) in [7, 11) is -2.92. The molecular formula is C17H24ClNO4S. The van der Waals surface area contributed by atoms with Crippen molar-refractivity contribution in [3.05, 3.63) is 28.3 Å². The molecule has 1 saturated heterocycles. The van der Waals surface area contributed by atoms with Gasteiger partial charge in [-0.25, -0.2) is 8.42 Å². The van der Waals surface area contributed by atoms with Crippen molar-refractivity contribution in [3.8, 4) is 5.75 Å². The van der Waals surface area contributed by atoms with Crippen LogP contribution in [0.25, 0.3) is 0 Å². The standard InChI is InChI=1S/C17H24ClNO4S/c1-11(2)14-7-15(18)12(3)6-16(14)23-9-17(20)19-8-13-4-5-24(21,22)10-13/h6-7,11,13H,4-5,8-10H2,1-3H3,(H,19,20). The molecule has 1 atom stereocenters. The van der Waals surface area contributed by atoms with Gasteiger partial charge in [-0.15, -0.1) is 0 Å². The fraction of sp³-hybridized carbons (Fsp3) is 0.588. The highest BCUT2D eigenvalue weighted by Crippen LogP contribution is 2.31. The van der Waals surface area contributed by atoms with Crippen molar-refractivity contribution < 1.29 is 17.9 Å². The van der Waals surface area contributed by atoms with Gasteiger partial charge in [0.25, 0.3) is 5.91 Å². The zero-order valence-corrected chi connectivity index (χ0v) is 15.8. The Morgan fingerprint density at radius 1 is 1.42 bits per heavy atom. The Hall–Kier alpha value is -1.27. The van der Waals surface area contributed by atoms with Crippen LogP contribution in [0.15, 0.2) is 12.1 Å². The molecule has 1 aromatic carbocycles. The molecule has 1 aliphatic heterocycles. The largest absolute Gasteiger partial charge is 0.483 e. The van der Waals surface area contributed by atoms with Crippen LogP contribution in [0.4, 0.5) is 0 Å². The number of rotatable bonds is 6. The van der Waals surface area contributed by atoms with Gasteiger partial charge in [-0.05, 0) is 48.4 Å². The van der Waals surface area contributed by atoms with E-state index in [1.807, 2.05) is 32.9 Å². The van der Waals surface area contributed by atoms with Crippen LogP contribution >= 0.6 is 11.6 Å². The van der Waals surface area contributed by atoms with Gasteiger partial charge in [0.15, 0.2) is 16.4 Å². The van der Waals surface area contributed by atoms with Gasteiger partial charge in [0.2, 0.25) is 0 Å². The smallest absolute Gasteiger partial charge is 0.257 e. The maximum Gasteiger partial charge on any atom is 0.257 e. The summed E-state index contributed by atoms with van der Waals surface area (Å²) >= 11 is 6.15. The molecule has 0 aliphatic carbocycles. The SMILES string of the molecule is Cc1cc(OCC(=O)NCC2CCS(=O)(=O)C2)c(C(C)C)cc1Cl. The topological polar surface area (TPSA) is 72.5 Å². The summed E-state index contributed by atoms with van der Waals surface area (Å²) in [6.07, 6.45) is 0.608. The number of amides is 1. The van der Waals surface area contributed by atoms with Crippen LogP contribution in [0.1, 0.15) is 37.3 Å². The van der Waals surface area contributed by atoms with Crippen molar-refractivity contribution in [1.29, 1.82) is 0 Å². The monoisotopic (exact) mass is 373 g/mol. The first-order valence-corrected chi connectivity index (χ1v) is 10.3. The molecule has 1 aromatic rings. The lowest BCUT2D eigenvalue weighted by Gasteiger charge is -2.16.